The number of nitrogens with zero attached hydrogens (tertiary/aromatic N) is 1. The summed E-state index contributed by atoms with van der Waals surface area (Å²) in [4.78, 5) is 4.54. The van der Waals surface area contributed by atoms with Crippen molar-refractivity contribution in [3.05, 3.63) is 52.5 Å². The number of aryl methyl sites for hydroxylation is 2. The van der Waals surface area contributed by atoms with Crippen molar-refractivity contribution >= 4 is 22.7 Å². The average Bonchev–Trinajstić information content (AvgIpc) is 2.74. The topological polar surface area (TPSA) is 26.0 Å². The highest BCUT2D eigenvalue weighted by atomic mass is 35.5. The molecule has 90 valence electrons. The van der Waals surface area contributed by atoms with Crippen LogP contribution < -0.4 is 0 Å². The first-order chi connectivity index (χ1) is 8.63. The quantitative estimate of drug-likeness (QED) is 0.628. The van der Waals surface area contributed by atoms with Gasteiger partial charge in [0.1, 0.15) is 5.52 Å². The van der Waals surface area contributed by atoms with E-state index in [9.17, 15) is 0 Å². The lowest BCUT2D eigenvalue weighted by molar-refractivity contribution is 0.619. The second-order valence-corrected chi connectivity index (χ2v) is 4.89. The van der Waals surface area contributed by atoms with E-state index in [2.05, 4.69) is 18.0 Å². The van der Waals surface area contributed by atoms with Gasteiger partial charge in [0, 0.05) is 10.6 Å². The van der Waals surface area contributed by atoms with Crippen LogP contribution in [0.25, 0.3) is 22.6 Å². The van der Waals surface area contributed by atoms with Crippen molar-refractivity contribution in [2.45, 2.75) is 13.8 Å². The first-order valence-corrected chi connectivity index (χ1v) is 6.15. The molecule has 1 aromatic heterocycles. The van der Waals surface area contributed by atoms with E-state index in [-0.39, 0.29) is 0 Å². The molecule has 0 saturated carbocycles. The summed E-state index contributed by atoms with van der Waals surface area (Å²) >= 11 is 5.87. The third-order valence-corrected chi connectivity index (χ3v) is 3.17. The lowest BCUT2D eigenvalue weighted by Crippen LogP contribution is -1.79. The maximum atomic E-state index is 5.87. The number of oxazole rings is 1. The molecule has 0 aliphatic rings. The number of halogens is 1. The minimum atomic E-state index is 0.635. The SMILES string of the molecule is Cc1cc(C)c2nc(-c3ccc(Cl)cc3)oc2c1. The summed E-state index contributed by atoms with van der Waals surface area (Å²) in [6.07, 6.45) is 0. The molecule has 3 heteroatoms. The van der Waals surface area contributed by atoms with Crippen molar-refractivity contribution in [1.29, 1.82) is 0 Å². The van der Waals surface area contributed by atoms with Gasteiger partial charge in [-0.2, -0.15) is 0 Å². The first kappa shape index (κ1) is 11.3. The van der Waals surface area contributed by atoms with E-state index < -0.39 is 0 Å². The molecule has 0 bridgehead atoms. The molecular formula is C15H12ClNO. The minimum absolute atomic E-state index is 0.635. The second-order valence-electron chi connectivity index (χ2n) is 4.45. The molecule has 0 N–H and O–H groups in total. The molecular weight excluding hydrogens is 246 g/mol. The molecule has 0 spiro atoms. The first-order valence-electron chi connectivity index (χ1n) is 5.77. The minimum Gasteiger partial charge on any atom is -0.436 e. The maximum Gasteiger partial charge on any atom is 0.227 e. The van der Waals surface area contributed by atoms with Crippen molar-refractivity contribution in [1.82, 2.24) is 4.98 Å². The van der Waals surface area contributed by atoms with E-state index in [4.69, 9.17) is 16.0 Å². The van der Waals surface area contributed by atoms with Crippen LogP contribution in [0.5, 0.6) is 0 Å². The molecule has 2 nitrogen and oxygen atoms in total. The third kappa shape index (κ3) is 1.89. The van der Waals surface area contributed by atoms with Gasteiger partial charge in [-0.25, -0.2) is 4.98 Å². The van der Waals surface area contributed by atoms with Gasteiger partial charge >= 0.3 is 0 Å². The molecule has 0 fully saturated rings. The van der Waals surface area contributed by atoms with Crippen molar-refractivity contribution in [3.8, 4) is 11.5 Å². The zero-order valence-corrected chi connectivity index (χ0v) is 11.0. The zero-order valence-electron chi connectivity index (χ0n) is 10.2. The van der Waals surface area contributed by atoms with Gasteiger partial charge in [0.2, 0.25) is 5.89 Å². The van der Waals surface area contributed by atoms with E-state index in [0.717, 1.165) is 22.2 Å². The standard InChI is InChI=1S/C15H12ClNO/c1-9-7-10(2)14-13(8-9)18-15(17-14)11-3-5-12(16)6-4-11/h3-8H,1-2H3. The Morgan fingerprint density at radius 1 is 1.06 bits per heavy atom. The van der Waals surface area contributed by atoms with E-state index in [1.165, 1.54) is 5.56 Å². The van der Waals surface area contributed by atoms with Crippen LogP contribution in [0.1, 0.15) is 11.1 Å². The fraction of sp³-hybridized carbons (Fsp3) is 0.133. The van der Waals surface area contributed by atoms with Gasteiger partial charge in [0.15, 0.2) is 5.58 Å². The fourth-order valence-electron chi connectivity index (χ4n) is 2.09. The van der Waals surface area contributed by atoms with E-state index in [1.54, 1.807) is 0 Å². The largest absolute Gasteiger partial charge is 0.436 e. The Bertz CT molecular complexity index is 713. The van der Waals surface area contributed by atoms with Crippen LogP contribution in [0.4, 0.5) is 0 Å². The summed E-state index contributed by atoms with van der Waals surface area (Å²) in [5.41, 5.74) is 5.00. The smallest absolute Gasteiger partial charge is 0.227 e. The van der Waals surface area contributed by atoms with Crippen LogP contribution in [-0.2, 0) is 0 Å². The third-order valence-electron chi connectivity index (χ3n) is 2.92. The molecule has 0 aliphatic carbocycles. The van der Waals surface area contributed by atoms with E-state index >= 15 is 0 Å². The zero-order chi connectivity index (χ0) is 12.7. The van der Waals surface area contributed by atoms with Crippen molar-refractivity contribution in [2.75, 3.05) is 0 Å². The second kappa shape index (κ2) is 4.14. The summed E-state index contributed by atoms with van der Waals surface area (Å²) in [6, 6.07) is 11.6. The Kier molecular flexibility index (Phi) is 2.60. The van der Waals surface area contributed by atoms with Crippen molar-refractivity contribution < 1.29 is 4.42 Å². The Balaban J connectivity index is 2.19. The highest BCUT2D eigenvalue weighted by Gasteiger charge is 2.10. The molecule has 0 amide bonds. The summed E-state index contributed by atoms with van der Waals surface area (Å²) in [5.74, 6) is 0.635. The molecule has 0 aliphatic heterocycles. The number of rotatable bonds is 1. The molecule has 0 saturated heterocycles. The van der Waals surface area contributed by atoms with Crippen LogP contribution >= 0.6 is 11.6 Å². The van der Waals surface area contributed by atoms with Crippen LogP contribution in [0.3, 0.4) is 0 Å². The Morgan fingerprint density at radius 2 is 1.78 bits per heavy atom. The maximum absolute atomic E-state index is 5.87. The van der Waals surface area contributed by atoms with E-state index in [0.29, 0.717) is 10.9 Å². The number of hydrogen-bond donors (Lipinski definition) is 0. The van der Waals surface area contributed by atoms with Gasteiger partial charge in [0.05, 0.1) is 0 Å². The highest BCUT2D eigenvalue weighted by Crippen LogP contribution is 2.27. The predicted octanol–water partition coefficient (Wildman–Crippen LogP) is 4.77. The van der Waals surface area contributed by atoms with Crippen LogP contribution in [-0.4, -0.2) is 4.98 Å². The summed E-state index contributed by atoms with van der Waals surface area (Å²) in [5, 5.41) is 0.710. The van der Waals surface area contributed by atoms with Crippen molar-refractivity contribution in [2.24, 2.45) is 0 Å². The highest BCUT2D eigenvalue weighted by molar-refractivity contribution is 6.30. The lowest BCUT2D eigenvalue weighted by atomic mass is 10.1. The van der Waals surface area contributed by atoms with Crippen LogP contribution in [0, 0.1) is 13.8 Å². The summed E-state index contributed by atoms with van der Waals surface area (Å²) < 4.78 is 5.80. The van der Waals surface area contributed by atoms with Crippen LogP contribution in [0.2, 0.25) is 5.02 Å². The molecule has 3 rings (SSSR count). The molecule has 0 atom stereocenters. The summed E-state index contributed by atoms with van der Waals surface area (Å²) in [7, 11) is 0. The van der Waals surface area contributed by atoms with Gasteiger partial charge in [-0.3, -0.25) is 0 Å². The van der Waals surface area contributed by atoms with E-state index in [1.807, 2.05) is 37.3 Å². The molecule has 3 aromatic rings. The van der Waals surface area contributed by atoms with Gasteiger partial charge < -0.3 is 4.42 Å². The average molecular weight is 258 g/mol. The summed E-state index contributed by atoms with van der Waals surface area (Å²) in [6.45, 7) is 4.10. The van der Waals surface area contributed by atoms with Crippen LogP contribution in [0.15, 0.2) is 40.8 Å². The Morgan fingerprint density at radius 3 is 2.50 bits per heavy atom. The van der Waals surface area contributed by atoms with Gasteiger partial charge in [-0.15, -0.1) is 0 Å². The molecule has 18 heavy (non-hydrogen) atoms. The predicted molar refractivity (Wildman–Crippen MR) is 73.9 cm³/mol. The lowest BCUT2D eigenvalue weighted by Gasteiger charge is -1.94. The van der Waals surface area contributed by atoms with Gasteiger partial charge in [-0.1, -0.05) is 17.7 Å². The number of benzene rings is 2. The Hall–Kier alpha value is -1.80. The fourth-order valence-corrected chi connectivity index (χ4v) is 2.21. The molecule has 1 heterocycles. The van der Waals surface area contributed by atoms with Gasteiger partial charge in [-0.05, 0) is 55.3 Å². The Labute approximate surface area is 110 Å². The monoisotopic (exact) mass is 257 g/mol. The number of hydrogen-bond acceptors (Lipinski definition) is 2. The number of aromatic nitrogens is 1. The van der Waals surface area contributed by atoms with Gasteiger partial charge in [0.25, 0.3) is 0 Å². The molecule has 2 aromatic carbocycles. The molecule has 0 radical (unpaired) electrons. The molecule has 0 unspecified atom stereocenters. The normalized spacial score (nSPS) is 11.1. The number of fused-ring (bicyclic) bond motifs is 1. The van der Waals surface area contributed by atoms with Crippen molar-refractivity contribution in [3.63, 3.8) is 0 Å².